The van der Waals surface area contributed by atoms with Crippen molar-refractivity contribution in [2.75, 3.05) is 25.1 Å². The summed E-state index contributed by atoms with van der Waals surface area (Å²) in [5, 5.41) is 8.90. The maximum Gasteiger partial charge on any atom is 0.396 e. The Hall–Kier alpha value is -1.70. The molecule has 0 aromatic carbocycles. The number of nitriles is 1. The third-order valence-electron chi connectivity index (χ3n) is 2.51. The number of piperidine rings is 1. The monoisotopic (exact) mass is 207 g/mol. The van der Waals surface area contributed by atoms with Gasteiger partial charge < -0.3 is 14.1 Å². The number of oxazole rings is 1. The van der Waals surface area contributed by atoms with Crippen molar-refractivity contribution >= 4 is 5.88 Å². The predicted molar refractivity (Wildman–Crippen MR) is 53.8 cm³/mol. The summed E-state index contributed by atoms with van der Waals surface area (Å²) in [5.74, 6) is 0.550. The molecule has 0 aliphatic carbocycles. The summed E-state index contributed by atoms with van der Waals surface area (Å²) >= 11 is 0. The molecule has 1 aromatic heterocycles. The van der Waals surface area contributed by atoms with Crippen LogP contribution in [0.1, 0.15) is 25.0 Å². The van der Waals surface area contributed by atoms with Gasteiger partial charge in [-0.25, -0.2) is 0 Å². The Bertz CT molecular complexity index is 375. The molecule has 0 atom stereocenters. The fraction of sp³-hybridized carbons (Fsp3) is 0.600. The summed E-state index contributed by atoms with van der Waals surface area (Å²) in [5.41, 5.74) is 0.314. The molecule has 1 fully saturated rings. The van der Waals surface area contributed by atoms with Crippen LogP contribution in [0.15, 0.2) is 4.42 Å². The Labute approximate surface area is 88.3 Å². The topological polar surface area (TPSA) is 62.3 Å². The van der Waals surface area contributed by atoms with Gasteiger partial charge in [0.1, 0.15) is 6.07 Å². The molecule has 0 spiro atoms. The Kier molecular flexibility index (Phi) is 2.77. The summed E-state index contributed by atoms with van der Waals surface area (Å²) in [7, 11) is 1.48. The van der Waals surface area contributed by atoms with Gasteiger partial charge in [-0.3, -0.25) is 0 Å². The molecule has 0 N–H and O–H groups in total. The molecule has 2 heterocycles. The molecular weight excluding hydrogens is 194 g/mol. The van der Waals surface area contributed by atoms with Crippen LogP contribution in [0, 0.1) is 11.3 Å². The van der Waals surface area contributed by atoms with Crippen LogP contribution in [0.5, 0.6) is 6.08 Å². The lowest BCUT2D eigenvalue weighted by Crippen LogP contribution is -2.29. The number of nitrogens with zero attached hydrogens (tertiary/aromatic N) is 3. The molecule has 80 valence electrons. The molecule has 5 heteroatoms. The Balaban J connectivity index is 2.25. The zero-order chi connectivity index (χ0) is 10.7. The number of anilines is 1. The molecule has 0 radical (unpaired) electrons. The average Bonchev–Trinajstić information content (AvgIpc) is 2.73. The van der Waals surface area contributed by atoms with E-state index < -0.39 is 0 Å². The van der Waals surface area contributed by atoms with Gasteiger partial charge in [0.2, 0.25) is 11.6 Å². The highest BCUT2D eigenvalue weighted by atomic mass is 16.6. The predicted octanol–water partition coefficient (Wildman–Crippen LogP) is 1.55. The number of methoxy groups -OCH3 is 1. The van der Waals surface area contributed by atoms with Gasteiger partial charge in [0.25, 0.3) is 0 Å². The van der Waals surface area contributed by atoms with Gasteiger partial charge in [0, 0.05) is 13.1 Å². The van der Waals surface area contributed by atoms with Crippen LogP contribution in [-0.2, 0) is 0 Å². The minimum Gasteiger partial charge on any atom is -0.453 e. The van der Waals surface area contributed by atoms with Crippen molar-refractivity contribution in [3.63, 3.8) is 0 Å². The number of hydrogen-bond donors (Lipinski definition) is 0. The second-order valence-electron chi connectivity index (χ2n) is 3.50. The van der Waals surface area contributed by atoms with Crippen LogP contribution < -0.4 is 9.64 Å². The van der Waals surface area contributed by atoms with E-state index in [9.17, 15) is 0 Å². The van der Waals surface area contributed by atoms with Crippen molar-refractivity contribution in [1.29, 1.82) is 5.26 Å². The quantitative estimate of drug-likeness (QED) is 0.736. The van der Waals surface area contributed by atoms with E-state index in [-0.39, 0.29) is 6.08 Å². The molecule has 0 bridgehead atoms. The highest BCUT2D eigenvalue weighted by molar-refractivity contribution is 5.48. The fourth-order valence-corrected chi connectivity index (χ4v) is 1.76. The largest absolute Gasteiger partial charge is 0.453 e. The van der Waals surface area contributed by atoms with Crippen LogP contribution in [0.3, 0.4) is 0 Å². The second kappa shape index (κ2) is 4.22. The molecule has 0 unspecified atom stereocenters. The van der Waals surface area contributed by atoms with Crippen LogP contribution in [-0.4, -0.2) is 25.2 Å². The standard InChI is InChI=1S/C10H13N3O2/c1-14-10-12-8(7-11)9(15-10)13-5-3-2-4-6-13/h2-6H2,1H3. The first-order valence-corrected chi connectivity index (χ1v) is 5.05. The lowest BCUT2D eigenvalue weighted by Gasteiger charge is -2.25. The number of hydrogen-bond acceptors (Lipinski definition) is 5. The molecule has 5 nitrogen and oxygen atoms in total. The summed E-state index contributed by atoms with van der Waals surface area (Å²) in [6.45, 7) is 1.85. The molecular formula is C10H13N3O2. The Morgan fingerprint density at radius 2 is 2.13 bits per heavy atom. The van der Waals surface area contributed by atoms with Gasteiger partial charge in [-0.05, 0) is 19.3 Å². The first-order valence-electron chi connectivity index (χ1n) is 5.05. The molecule has 1 aliphatic heterocycles. The minimum atomic E-state index is 0.159. The number of rotatable bonds is 2. The van der Waals surface area contributed by atoms with Gasteiger partial charge in [-0.15, -0.1) is 0 Å². The van der Waals surface area contributed by atoms with Crippen molar-refractivity contribution in [3.8, 4) is 12.1 Å². The van der Waals surface area contributed by atoms with E-state index in [2.05, 4.69) is 9.88 Å². The third-order valence-corrected chi connectivity index (χ3v) is 2.51. The molecule has 0 amide bonds. The van der Waals surface area contributed by atoms with E-state index >= 15 is 0 Å². The van der Waals surface area contributed by atoms with Crippen molar-refractivity contribution in [1.82, 2.24) is 4.98 Å². The first kappa shape index (κ1) is 9.84. The molecule has 2 rings (SSSR count). The van der Waals surface area contributed by atoms with Crippen molar-refractivity contribution < 1.29 is 9.15 Å². The first-order chi connectivity index (χ1) is 7.35. The van der Waals surface area contributed by atoms with Crippen molar-refractivity contribution in [2.24, 2.45) is 0 Å². The van der Waals surface area contributed by atoms with Crippen LogP contribution in [0.25, 0.3) is 0 Å². The molecule has 0 saturated carbocycles. The lowest BCUT2D eigenvalue weighted by atomic mass is 10.1. The molecule has 1 aromatic rings. The average molecular weight is 207 g/mol. The van der Waals surface area contributed by atoms with Crippen molar-refractivity contribution in [2.45, 2.75) is 19.3 Å². The Morgan fingerprint density at radius 3 is 2.73 bits per heavy atom. The normalized spacial score (nSPS) is 16.1. The van der Waals surface area contributed by atoms with E-state index in [4.69, 9.17) is 14.4 Å². The van der Waals surface area contributed by atoms with Crippen LogP contribution in [0.4, 0.5) is 5.88 Å². The SMILES string of the molecule is COc1nc(C#N)c(N2CCCCC2)o1. The minimum absolute atomic E-state index is 0.159. The maximum absolute atomic E-state index is 8.90. The summed E-state index contributed by atoms with van der Waals surface area (Å²) in [4.78, 5) is 5.98. The highest BCUT2D eigenvalue weighted by Gasteiger charge is 2.21. The van der Waals surface area contributed by atoms with Gasteiger partial charge in [0.15, 0.2) is 0 Å². The number of aromatic nitrogens is 1. The zero-order valence-electron chi connectivity index (χ0n) is 8.69. The van der Waals surface area contributed by atoms with Gasteiger partial charge in [0.05, 0.1) is 7.11 Å². The zero-order valence-corrected chi connectivity index (χ0v) is 8.69. The molecule has 1 aliphatic rings. The van der Waals surface area contributed by atoms with E-state index in [1.165, 1.54) is 13.5 Å². The molecule has 1 saturated heterocycles. The lowest BCUT2D eigenvalue weighted by molar-refractivity contribution is 0.289. The van der Waals surface area contributed by atoms with Gasteiger partial charge in [-0.1, -0.05) is 0 Å². The van der Waals surface area contributed by atoms with Crippen LogP contribution >= 0.6 is 0 Å². The number of ether oxygens (including phenoxy) is 1. The van der Waals surface area contributed by atoms with Crippen LogP contribution in [0.2, 0.25) is 0 Å². The van der Waals surface area contributed by atoms with E-state index in [1.54, 1.807) is 0 Å². The third kappa shape index (κ3) is 1.89. The highest BCUT2D eigenvalue weighted by Crippen LogP contribution is 2.27. The fourth-order valence-electron chi connectivity index (χ4n) is 1.76. The van der Waals surface area contributed by atoms with Gasteiger partial charge in [-0.2, -0.15) is 10.2 Å². The molecule has 15 heavy (non-hydrogen) atoms. The van der Waals surface area contributed by atoms with E-state index in [0.29, 0.717) is 11.6 Å². The summed E-state index contributed by atoms with van der Waals surface area (Å²) < 4.78 is 10.2. The second-order valence-corrected chi connectivity index (χ2v) is 3.50. The smallest absolute Gasteiger partial charge is 0.396 e. The van der Waals surface area contributed by atoms with Gasteiger partial charge >= 0.3 is 6.08 Å². The summed E-state index contributed by atoms with van der Waals surface area (Å²) in [6, 6.07) is 2.02. The summed E-state index contributed by atoms with van der Waals surface area (Å²) in [6.07, 6.45) is 3.66. The van der Waals surface area contributed by atoms with Crippen molar-refractivity contribution in [3.05, 3.63) is 5.69 Å². The maximum atomic E-state index is 8.90. The Morgan fingerprint density at radius 1 is 1.40 bits per heavy atom. The van der Waals surface area contributed by atoms with E-state index in [1.807, 2.05) is 6.07 Å². The van der Waals surface area contributed by atoms with E-state index in [0.717, 1.165) is 25.9 Å².